The van der Waals surface area contributed by atoms with E-state index in [1.165, 1.54) is 5.69 Å². The third-order valence-corrected chi connectivity index (χ3v) is 6.45. The Balaban J connectivity index is 0.00000306. The molecular weight excluding hydrogens is 533 g/mol. The number of anilines is 1. The summed E-state index contributed by atoms with van der Waals surface area (Å²) in [7, 11) is 0. The Morgan fingerprint density at radius 2 is 1.79 bits per heavy atom. The highest BCUT2D eigenvalue weighted by Crippen LogP contribution is 2.21. The SMILES string of the molecule is CCNC(=NCCC(=O)N1CCN(c2ccccc2)CC1)N1CCOC(C2CCCO2)C1.I. The molecule has 184 valence electrons. The largest absolute Gasteiger partial charge is 0.375 e. The topological polar surface area (TPSA) is 69.6 Å². The molecule has 0 aromatic heterocycles. The first-order valence-electron chi connectivity index (χ1n) is 12.1. The van der Waals surface area contributed by atoms with Crippen LogP contribution in [0.3, 0.4) is 0 Å². The molecule has 1 aromatic carbocycles. The van der Waals surface area contributed by atoms with Crippen LogP contribution in [0.1, 0.15) is 26.2 Å². The summed E-state index contributed by atoms with van der Waals surface area (Å²) in [5, 5.41) is 3.39. The Kier molecular flexibility index (Phi) is 10.5. The summed E-state index contributed by atoms with van der Waals surface area (Å²) < 4.78 is 11.8. The quantitative estimate of drug-likeness (QED) is 0.321. The van der Waals surface area contributed by atoms with Gasteiger partial charge in [-0.3, -0.25) is 9.79 Å². The van der Waals surface area contributed by atoms with Crippen LogP contribution < -0.4 is 10.2 Å². The molecule has 9 heteroatoms. The van der Waals surface area contributed by atoms with Crippen LogP contribution in [-0.2, 0) is 14.3 Å². The predicted molar refractivity (Wildman–Crippen MR) is 142 cm³/mol. The molecule has 0 saturated carbocycles. The van der Waals surface area contributed by atoms with Crippen molar-refractivity contribution in [2.24, 2.45) is 4.99 Å². The molecule has 1 aromatic rings. The van der Waals surface area contributed by atoms with E-state index in [-0.39, 0.29) is 42.1 Å². The summed E-state index contributed by atoms with van der Waals surface area (Å²) in [5.41, 5.74) is 1.23. The standard InChI is InChI=1S/C24H37N5O3.HI/c1-2-25-24(29-16-18-32-22(19-29)21-9-6-17-31-21)26-11-10-23(30)28-14-12-27(13-15-28)20-7-4-3-5-8-20;/h3-5,7-8,21-22H,2,6,9-19H2,1H3,(H,25,26);1H. The highest BCUT2D eigenvalue weighted by atomic mass is 127. The Hall–Kier alpha value is -1.59. The summed E-state index contributed by atoms with van der Waals surface area (Å²) in [4.78, 5) is 24.1. The molecule has 0 radical (unpaired) electrons. The second-order valence-corrected chi connectivity index (χ2v) is 8.60. The lowest BCUT2D eigenvalue weighted by atomic mass is 10.1. The molecule has 0 aliphatic carbocycles. The summed E-state index contributed by atoms with van der Waals surface area (Å²) >= 11 is 0. The number of nitrogens with one attached hydrogen (secondary N) is 1. The number of amides is 1. The van der Waals surface area contributed by atoms with Crippen LogP contribution in [0, 0.1) is 0 Å². The van der Waals surface area contributed by atoms with Crippen molar-refractivity contribution in [2.45, 2.75) is 38.4 Å². The van der Waals surface area contributed by atoms with E-state index in [0.717, 1.165) is 71.2 Å². The van der Waals surface area contributed by atoms with Gasteiger partial charge < -0.3 is 29.5 Å². The van der Waals surface area contributed by atoms with Crippen LogP contribution in [0.25, 0.3) is 0 Å². The number of halogens is 1. The number of carbonyl (C=O) groups excluding carboxylic acids is 1. The van der Waals surface area contributed by atoms with Gasteiger partial charge in [0.15, 0.2) is 5.96 Å². The van der Waals surface area contributed by atoms with Gasteiger partial charge in [0.25, 0.3) is 0 Å². The Bertz CT molecular complexity index is 752. The summed E-state index contributed by atoms with van der Waals surface area (Å²) in [5.74, 6) is 1.07. The van der Waals surface area contributed by atoms with Crippen molar-refractivity contribution in [3.05, 3.63) is 30.3 Å². The normalized spacial score (nSPS) is 23.9. The van der Waals surface area contributed by atoms with E-state index in [1.54, 1.807) is 0 Å². The van der Waals surface area contributed by atoms with E-state index in [2.05, 4.69) is 46.3 Å². The van der Waals surface area contributed by atoms with E-state index in [0.29, 0.717) is 19.6 Å². The number of rotatable bonds is 6. The number of piperazine rings is 1. The van der Waals surface area contributed by atoms with Gasteiger partial charge in [0.05, 0.1) is 19.3 Å². The van der Waals surface area contributed by atoms with Crippen molar-refractivity contribution < 1.29 is 14.3 Å². The van der Waals surface area contributed by atoms with Crippen molar-refractivity contribution in [3.63, 3.8) is 0 Å². The molecular formula is C24H38IN5O3. The molecule has 2 atom stereocenters. The van der Waals surface area contributed by atoms with Gasteiger partial charge in [-0.1, -0.05) is 18.2 Å². The lowest BCUT2D eigenvalue weighted by molar-refractivity contribution is -0.131. The Labute approximate surface area is 214 Å². The number of hydrogen-bond acceptors (Lipinski definition) is 5. The van der Waals surface area contributed by atoms with Gasteiger partial charge in [-0.05, 0) is 31.9 Å². The number of para-hydroxylation sites is 1. The molecule has 0 bridgehead atoms. The Morgan fingerprint density at radius 1 is 1.03 bits per heavy atom. The summed E-state index contributed by atoms with van der Waals surface area (Å²) in [6, 6.07) is 10.4. The molecule has 1 amide bonds. The minimum absolute atomic E-state index is 0. The van der Waals surface area contributed by atoms with Crippen LogP contribution in [0.2, 0.25) is 0 Å². The zero-order valence-electron chi connectivity index (χ0n) is 19.7. The maximum atomic E-state index is 12.8. The summed E-state index contributed by atoms with van der Waals surface area (Å²) in [6.07, 6.45) is 2.91. The maximum Gasteiger partial charge on any atom is 0.224 e. The first-order valence-corrected chi connectivity index (χ1v) is 12.1. The van der Waals surface area contributed by atoms with Crippen molar-refractivity contribution in [3.8, 4) is 0 Å². The first-order chi connectivity index (χ1) is 15.7. The number of morpholine rings is 1. The molecule has 3 aliphatic heterocycles. The molecule has 2 unspecified atom stereocenters. The van der Waals surface area contributed by atoms with Gasteiger partial charge in [-0.25, -0.2) is 0 Å². The minimum atomic E-state index is 0. The molecule has 3 saturated heterocycles. The number of nitrogens with zero attached hydrogens (tertiary/aromatic N) is 4. The van der Waals surface area contributed by atoms with Gasteiger partial charge in [0.1, 0.15) is 6.10 Å². The lowest BCUT2D eigenvalue weighted by Crippen LogP contribution is -2.53. The number of carbonyl (C=O) groups is 1. The molecule has 3 fully saturated rings. The monoisotopic (exact) mass is 571 g/mol. The molecule has 0 spiro atoms. The van der Waals surface area contributed by atoms with Crippen LogP contribution in [0.15, 0.2) is 35.3 Å². The smallest absolute Gasteiger partial charge is 0.224 e. The average Bonchev–Trinajstić information content (AvgIpc) is 3.39. The van der Waals surface area contributed by atoms with E-state index in [4.69, 9.17) is 14.5 Å². The first kappa shape index (κ1) is 26.0. The second-order valence-electron chi connectivity index (χ2n) is 8.60. The van der Waals surface area contributed by atoms with Gasteiger partial charge in [-0.2, -0.15) is 0 Å². The van der Waals surface area contributed by atoms with Crippen molar-refractivity contribution in [1.29, 1.82) is 0 Å². The highest BCUT2D eigenvalue weighted by Gasteiger charge is 2.32. The zero-order valence-corrected chi connectivity index (χ0v) is 22.0. The number of aliphatic imine (C=N–C) groups is 1. The third kappa shape index (κ3) is 7.19. The van der Waals surface area contributed by atoms with E-state index in [1.807, 2.05) is 11.0 Å². The van der Waals surface area contributed by atoms with Crippen LogP contribution in [-0.4, -0.2) is 99.4 Å². The fraction of sp³-hybridized carbons (Fsp3) is 0.667. The highest BCUT2D eigenvalue weighted by molar-refractivity contribution is 14.0. The molecule has 8 nitrogen and oxygen atoms in total. The van der Waals surface area contributed by atoms with Crippen molar-refractivity contribution in [1.82, 2.24) is 15.1 Å². The molecule has 3 heterocycles. The van der Waals surface area contributed by atoms with E-state index in [9.17, 15) is 4.79 Å². The number of hydrogen-bond donors (Lipinski definition) is 1. The predicted octanol–water partition coefficient (Wildman–Crippen LogP) is 2.19. The van der Waals surface area contributed by atoms with Crippen LogP contribution in [0.4, 0.5) is 5.69 Å². The average molecular weight is 572 g/mol. The van der Waals surface area contributed by atoms with E-state index >= 15 is 0 Å². The third-order valence-electron chi connectivity index (χ3n) is 6.45. The van der Waals surface area contributed by atoms with Crippen molar-refractivity contribution >= 4 is 41.5 Å². The zero-order chi connectivity index (χ0) is 22.2. The molecule has 1 N–H and O–H groups in total. The van der Waals surface area contributed by atoms with Crippen LogP contribution >= 0.6 is 24.0 Å². The minimum Gasteiger partial charge on any atom is -0.375 e. The Morgan fingerprint density at radius 3 is 2.48 bits per heavy atom. The number of benzene rings is 1. The van der Waals surface area contributed by atoms with Gasteiger partial charge >= 0.3 is 0 Å². The van der Waals surface area contributed by atoms with E-state index < -0.39 is 0 Å². The molecule has 3 aliphatic rings. The van der Waals surface area contributed by atoms with Gasteiger partial charge in [0, 0.05) is 64.5 Å². The molecule has 4 rings (SSSR count). The second kappa shape index (κ2) is 13.3. The number of ether oxygens (including phenoxy) is 2. The van der Waals surface area contributed by atoms with Gasteiger partial charge in [0.2, 0.25) is 5.91 Å². The number of guanidine groups is 1. The van der Waals surface area contributed by atoms with Crippen molar-refractivity contribution in [2.75, 3.05) is 70.5 Å². The summed E-state index contributed by atoms with van der Waals surface area (Å²) in [6.45, 7) is 9.77. The van der Waals surface area contributed by atoms with Gasteiger partial charge in [-0.15, -0.1) is 24.0 Å². The lowest BCUT2D eigenvalue weighted by Gasteiger charge is -2.37. The maximum absolute atomic E-state index is 12.8. The van der Waals surface area contributed by atoms with Crippen LogP contribution in [0.5, 0.6) is 0 Å². The fourth-order valence-electron chi connectivity index (χ4n) is 4.68. The fourth-order valence-corrected chi connectivity index (χ4v) is 4.68. The molecule has 33 heavy (non-hydrogen) atoms.